The molecule has 0 aliphatic rings. The first kappa shape index (κ1) is 15.5. The Labute approximate surface area is 136 Å². The molecule has 0 saturated heterocycles. The molecule has 0 amide bonds. The normalized spacial score (nSPS) is 10.5. The molecule has 0 fully saturated rings. The highest BCUT2D eigenvalue weighted by Gasteiger charge is 2.17. The first-order valence-electron chi connectivity index (χ1n) is 7.04. The van der Waals surface area contributed by atoms with Gasteiger partial charge in [-0.05, 0) is 18.2 Å². The highest BCUT2D eigenvalue weighted by molar-refractivity contribution is 5.86. The second-order valence-electron chi connectivity index (χ2n) is 4.94. The van der Waals surface area contributed by atoms with Crippen LogP contribution in [-0.2, 0) is 11.3 Å². The molecule has 3 aromatic rings. The third-order valence-corrected chi connectivity index (χ3v) is 3.43. The Balaban J connectivity index is 1.89. The van der Waals surface area contributed by atoms with Crippen molar-refractivity contribution in [3.8, 4) is 5.75 Å². The zero-order valence-corrected chi connectivity index (χ0v) is 12.7. The van der Waals surface area contributed by atoms with Gasteiger partial charge in [-0.3, -0.25) is 0 Å². The Morgan fingerprint density at radius 1 is 1.25 bits per heavy atom. The van der Waals surface area contributed by atoms with Crippen LogP contribution in [0.15, 0.2) is 57.9 Å². The number of pyridine rings is 1. The summed E-state index contributed by atoms with van der Waals surface area (Å²) in [5.41, 5.74) is 0.101. The Hall–Kier alpha value is -3.35. The fourth-order valence-electron chi connectivity index (χ4n) is 2.26. The minimum atomic E-state index is -0.777. The van der Waals surface area contributed by atoms with E-state index in [0.29, 0.717) is 27.0 Å². The van der Waals surface area contributed by atoms with Crippen LogP contribution in [0.1, 0.15) is 16.1 Å². The van der Waals surface area contributed by atoms with Gasteiger partial charge in [-0.25, -0.2) is 9.59 Å². The molecule has 0 aliphatic heterocycles. The number of methoxy groups -OCH3 is 1. The van der Waals surface area contributed by atoms with Crippen LogP contribution >= 0.6 is 0 Å². The van der Waals surface area contributed by atoms with Crippen LogP contribution < -0.4 is 15.1 Å². The Bertz CT molecular complexity index is 963. The summed E-state index contributed by atoms with van der Waals surface area (Å²) in [6.07, 6.45) is 1.20. The van der Waals surface area contributed by atoms with Crippen molar-refractivity contribution in [3.63, 3.8) is 0 Å². The number of aromatic nitrogens is 1. The van der Waals surface area contributed by atoms with Crippen LogP contribution in [0.2, 0.25) is 0 Å². The van der Waals surface area contributed by atoms with E-state index in [1.54, 1.807) is 24.3 Å². The number of rotatable bonds is 4. The number of nitrogens with zero attached hydrogens (tertiary/aromatic N) is 1. The highest BCUT2D eigenvalue weighted by Crippen LogP contribution is 2.23. The molecule has 1 aromatic carbocycles. The van der Waals surface area contributed by atoms with E-state index in [1.807, 2.05) is 0 Å². The summed E-state index contributed by atoms with van der Waals surface area (Å²) in [5.74, 6) is -0.239. The molecule has 0 unspecified atom stereocenters. The molecule has 0 spiro atoms. The smallest absolute Gasteiger partial charge is 0.405 e. The zero-order valence-electron chi connectivity index (χ0n) is 12.7. The molecule has 2 aromatic heterocycles. The lowest BCUT2D eigenvalue weighted by Gasteiger charge is -2.08. The van der Waals surface area contributed by atoms with Gasteiger partial charge in [-0.1, -0.05) is 0 Å². The molecule has 0 radical (unpaired) electrons. The summed E-state index contributed by atoms with van der Waals surface area (Å²) in [7, 11) is 1.50. The van der Waals surface area contributed by atoms with E-state index in [1.165, 1.54) is 31.5 Å². The lowest BCUT2D eigenvalue weighted by Crippen LogP contribution is -2.34. The van der Waals surface area contributed by atoms with E-state index in [4.69, 9.17) is 13.9 Å². The number of ether oxygens (including phenoxy) is 2. The number of carbonyl (C=O) groups excluding carboxylic acids is 1. The van der Waals surface area contributed by atoms with Gasteiger partial charge >= 0.3 is 17.3 Å². The summed E-state index contributed by atoms with van der Waals surface area (Å²) < 4.78 is 15.8. The molecular weight excluding hydrogens is 314 g/mol. The van der Waals surface area contributed by atoms with Crippen molar-refractivity contribution in [1.29, 1.82) is 0 Å². The lowest BCUT2D eigenvalue weighted by atomic mass is 10.1. The summed E-state index contributed by atoms with van der Waals surface area (Å²) in [5, 5.41) is 12.2. The van der Waals surface area contributed by atoms with E-state index in [0.717, 1.165) is 0 Å². The quantitative estimate of drug-likeness (QED) is 0.314. The average Bonchev–Trinajstić information content (AvgIpc) is 2.59. The summed E-state index contributed by atoms with van der Waals surface area (Å²) in [4.78, 5) is 23.7. The number of carbonyl (C=O) groups is 1. The second-order valence-corrected chi connectivity index (χ2v) is 4.94. The third kappa shape index (κ3) is 3.05. The molecule has 3 rings (SSSR count). The standard InChI is InChI=1S/C17H13NO6/c1-22-12-5-6-13-11(8-16(19)24-15(13)9-12)10-23-17(20)14-4-2-3-7-18(14)21/h2-9H,10H2,1H3. The molecule has 0 saturated carbocycles. The van der Waals surface area contributed by atoms with E-state index in [-0.39, 0.29) is 12.3 Å². The van der Waals surface area contributed by atoms with Crippen molar-refractivity contribution in [2.24, 2.45) is 0 Å². The van der Waals surface area contributed by atoms with Crippen molar-refractivity contribution >= 4 is 16.9 Å². The second kappa shape index (κ2) is 6.41. The van der Waals surface area contributed by atoms with Crippen LogP contribution in [0.4, 0.5) is 0 Å². The van der Waals surface area contributed by atoms with Crippen molar-refractivity contribution in [2.45, 2.75) is 6.61 Å². The minimum Gasteiger partial charge on any atom is -0.618 e. The molecule has 122 valence electrons. The Morgan fingerprint density at radius 2 is 2.08 bits per heavy atom. The lowest BCUT2D eigenvalue weighted by molar-refractivity contribution is -0.608. The summed E-state index contributed by atoms with van der Waals surface area (Å²) in [6, 6.07) is 10.7. The average molecular weight is 327 g/mol. The maximum atomic E-state index is 12.0. The first-order chi connectivity index (χ1) is 11.6. The van der Waals surface area contributed by atoms with E-state index >= 15 is 0 Å². The monoisotopic (exact) mass is 327 g/mol. The van der Waals surface area contributed by atoms with Gasteiger partial charge in [0.2, 0.25) is 0 Å². The number of hydrogen-bond acceptors (Lipinski definition) is 6. The molecule has 2 heterocycles. The number of fused-ring (bicyclic) bond motifs is 1. The van der Waals surface area contributed by atoms with Gasteiger partial charge in [-0.2, -0.15) is 4.73 Å². The predicted octanol–water partition coefficient (Wildman–Crippen LogP) is 1.79. The van der Waals surface area contributed by atoms with Gasteiger partial charge in [0.25, 0.3) is 0 Å². The molecule has 0 aliphatic carbocycles. The molecule has 0 N–H and O–H groups in total. The number of hydrogen-bond donors (Lipinski definition) is 0. The third-order valence-electron chi connectivity index (χ3n) is 3.43. The Morgan fingerprint density at radius 3 is 2.83 bits per heavy atom. The highest BCUT2D eigenvalue weighted by atomic mass is 16.5. The summed E-state index contributed by atoms with van der Waals surface area (Å²) >= 11 is 0. The first-order valence-corrected chi connectivity index (χ1v) is 7.04. The van der Waals surface area contributed by atoms with Crippen LogP contribution in [0.3, 0.4) is 0 Å². The van der Waals surface area contributed by atoms with Gasteiger partial charge in [-0.15, -0.1) is 0 Å². The van der Waals surface area contributed by atoms with Crippen molar-refractivity contribution in [2.75, 3.05) is 7.11 Å². The van der Waals surface area contributed by atoms with Gasteiger partial charge in [0.15, 0.2) is 6.20 Å². The maximum absolute atomic E-state index is 12.0. The van der Waals surface area contributed by atoms with Gasteiger partial charge in [0.05, 0.1) is 7.11 Å². The van der Waals surface area contributed by atoms with E-state index in [9.17, 15) is 14.8 Å². The van der Waals surface area contributed by atoms with Crippen molar-refractivity contribution < 1.29 is 23.4 Å². The molecule has 7 nitrogen and oxygen atoms in total. The van der Waals surface area contributed by atoms with Crippen LogP contribution in [-0.4, -0.2) is 13.1 Å². The molecule has 7 heteroatoms. The number of benzene rings is 1. The minimum absolute atomic E-state index is 0.133. The number of esters is 1. The van der Waals surface area contributed by atoms with Crippen molar-refractivity contribution in [3.05, 3.63) is 75.5 Å². The van der Waals surface area contributed by atoms with Gasteiger partial charge in [0, 0.05) is 35.2 Å². The van der Waals surface area contributed by atoms with Gasteiger partial charge in [0.1, 0.15) is 17.9 Å². The molecular formula is C17H13NO6. The largest absolute Gasteiger partial charge is 0.618 e. The molecule has 24 heavy (non-hydrogen) atoms. The molecule has 0 atom stereocenters. The fourth-order valence-corrected chi connectivity index (χ4v) is 2.26. The SMILES string of the molecule is COc1ccc2c(COC(=O)c3cccc[n+]3[O-])cc(=O)oc2c1. The van der Waals surface area contributed by atoms with Crippen LogP contribution in [0.5, 0.6) is 5.75 Å². The molecule has 0 bridgehead atoms. The Kier molecular flexibility index (Phi) is 4.15. The zero-order chi connectivity index (χ0) is 17.1. The summed E-state index contributed by atoms with van der Waals surface area (Å²) in [6.45, 7) is -0.165. The maximum Gasteiger partial charge on any atom is 0.405 e. The topological polar surface area (TPSA) is 92.7 Å². The van der Waals surface area contributed by atoms with Crippen molar-refractivity contribution in [1.82, 2.24) is 0 Å². The fraction of sp³-hybridized carbons (Fsp3) is 0.118. The predicted molar refractivity (Wildman–Crippen MR) is 83.6 cm³/mol. The van der Waals surface area contributed by atoms with Crippen LogP contribution in [0, 0.1) is 5.21 Å². The van der Waals surface area contributed by atoms with Gasteiger partial charge < -0.3 is 19.1 Å². The van der Waals surface area contributed by atoms with Crippen LogP contribution in [0.25, 0.3) is 11.0 Å². The van der Waals surface area contributed by atoms with E-state index < -0.39 is 11.6 Å². The van der Waals surface area contributed by atoms with E-state index in [2.05, 4.69) is 0 Å².